The number of carboxylic acid groups (broad SMARTS) is 1. The number of pyridine rings is 1. The van der Waals surface area contributed by atoms with E-state index < -0.39 is 11.9 Å². The molecule has 2 aromatic carbocycles. The van der Waals surface area contributed by atoms with Gasteiger partial charge in [-0.05, 0) is 97.3 Å². The van der Waals surface area contributed by atoms with Crippen LogP contribution in [0.3, 0.4) is 0 Å². The molecule has 3 atom stereocenters. The normalized spacial score (nSPS) is 20.5. The van der Waals surface area contributed by atoms with Gasteiger partial charge in [0.05, 0.1) is 19.2 Å². The van der Waals surface area contributed by atoms with Crippen LogP contribution in [0.15, 0.2) is 48.7 Å². The molecule has 6 rings (SSSR count). The number of benzene rings is 2. The van der Waals surface area contributed by atoms with E-state index in [9.17, 15) is 9.90 Å². The lowest BCUT2D eigenvalue weighted by molar-refractivity contribution is -0.142. The Labute approximate surface area is 241 Å². The quantitative estimate of drug-likeness (QED) is 0.300. The van der Waals surface area contributed by atoms with E-state index in [1.807, 2.05) is 13.0 Å². The average Bonchev–Trinajstić information content (AvgIpc) is 3.47. The van der Waals surface area contributed by atoms with Crippen LogP contribution in [-0.4, -0.2) is 41.2 Å². The third kappa shape index (κ3) is 5.69. The summed E-state index contributed by atoms with van der Waals surface area (Å²) in [6.45, 7) is 4.66. The van der Waals surface area contributed by atoms with Gasteiger partial charge in [0.1, 0.15) is 17.7 Å². The third-order valence-electron chi connectivity index (χ3n) is 9.43. The minimum Gasteiger partial charge on any atom is -0.485 e. The molecule has 41 heavy (non-hydrogen) atoms. The van der Waals surface area contributed by atoms with Gasteiger partial charge in [-0.1, -0.05) is 43.7 Å². The maximum Gasteiger partial charge on any atom is 0.306 e. The maximum atomic E-state index is 15.0. The number of ether oxygens (including phenoxy) is 2. The van der Waals surface area contributed by atoms with Crippen molar-refractivity contribution in [3.8, 4) is 22.8 Å². The minimum atomic E-state index is -0.743. The van der Waals surface area contributed by atoms with Gasteiger partial charge >= 0.3 is 5.97 Å². The molecule has 216 valence electrons. The molecule has 0 spiro atoms. The van der Waals surface area contributed by atoms with Crippen LogP contribution in [0, 0.1) is 17.7 Å². The van der Waals surface area contributed by atoms with Crippen molar-refractivity contribution in [2.75, 3.05) is 20.2 Å². The summed E-state index contributed by atoms with van der Waals surface area (Å²) >= 11 is 0. The Morgan fingerprint density at radius 3 is 2.61 bits per heavy atom. The van der Waals surface area contributed by atoms with E-state index in [1.54, 1.807) is 13.2 Å². The van der Waals surface area contributed by atoms with Gasteiger partial charge < -0.3 is 14.6 Å². The van der Waals surface area contributed by atoms with Gasteiger partial charge in [0.25, 0.3) is 0 Å². The number of aromatic nitrogens is 1. The molecule has 2 unspecified atom stereocenters. The molecule has 6 nitrogen and oxygen atoms in total. The van der Waals surface area contributed by atoms with Gasteiger partial charge in [0.2, 0.25) is 5.88 Å². The molecular formula is C34H39FN2O4. The molecule has 1 saturated carbocycles. The van der Waals surface area contributed by atoms with E-state index in [0.717, 1.165) is 73.3 Å². The fraction of sp³-hybridized carbons (Fsp3) is 0.471. The van der Waals surface area contributed by atoms with Crippen LogP contribution in [0.5, 0.6) is 11.6 Å². The van der Waals surface area contributed by atoms with E-state index in [1.165, 1.54) is 31.0 Å². The molecule has 3 aromatic rings. The van der Waals surface area contributed by atoms with Crippen LogP contribution in [0.1, 0.15) is 79.7 Å². The summed E-state index contributed by atoms with van der Waals surface area (Å²) in [6, 6.07) is 14.3. The molecule has 7 heteroatoms. The predicted octanol–water partition coefficient (Wildman–Crippen LogP) is 7.16. The summed E-state index contributed by atoms with van der Waals surface area (Å²) in [5, 5.41) is 9.82. The lowest BCUT2D eigenvalue weighted by atomic mass is 9.68. The van der Waals surface area contributed by atoms with Gasteiger partial charge in [-0.15, -0.1) is 0 Å². The molecule has 0 radical (unpaired) electrons. The van der Waals surface area contributed by atoms with E-state index in [4.69, 9.17) is 9.47 Å². The van der Waals surface area contributed by atoms with Crippen molar-refractivity contribution < 1.29 is 23.8 Å². The molecular weight excluding hydrogens is 519 g/mol. The topological polar surface area (TPSA) is 71.9 Å². The average molecular weight is 559 g/mol. The summed E-state index contributed by atoms with van der Waals surface area (Å²) in [6.07, 6.45) is 8.54. The first-order chi connectivity index (χ1) is 19.9. The molecule has 3 heterocycles. The second-order valence-corrected chi connectivity index (χ2v) is 12.0. The number of hydrogen-bond donors (Lipinski definition) is 1. The van der Waals surface area contributed by atoms with Crippen LogP contribution in [-0.2, 0) is 17.8 Å². The molecule has 0 bridgehead atoms. The molecule has 1 aromatic heterocycles. The number of nitrogens with zero attached hydrogens (tertiary/aromatic N) is 2. The Bertz CT molecular complexity index is 1420. The number of carboxylic acids is 1. The van der Waals surface area contributed by atoms with E-state index in [2.05, 4.69) is 40.2 Å². The van der Waals surface area contributed by atoms with Crippen LogP contribution in [0.4, 0.5) is 4.39 Å². The number of aryl methyl sites for hydroxylation is 1. The van der Waals surface area contributed by atoms with Crippen molar-refractivity contribution >= 4 is 5.97 Å². The molecule has 2 fully saturated rings. The Kier molecular flexibility index (Phi) is 7.98. The highest BCUT2D eigenvalue weighted by Gasteiger charge is 2.36. The van der Waals surface area contributed by atoms with Gasteiger partial charge in [0.15, 0.2) is 0 Å². The minimum absolute atomic E-state index is 0.00544. The molecule has 1 aliphatic carbocycles. The summed E-state index contributed by atoms with van der Waals surface area (Å²) < 4.78 is 27.0. The van der Waals surface area contributed by atoms with E-state index >= 15 is 4.39 Å². The second-order valence-electron chi connectivity index (χ2n) is 12.0. The molecule has 0 amide bonds. The number of rotatable bonds is 9. The fourth-order valence-corrected chi connectivity index (χ4v) is 6.88. The Hall–Kier alpha value is -3.45. The zero-order chi connectivity index (χ0) is 28.5. The number of methoxy groups -OCH3 is 1. The molecule has 2 aliphatic heterocycles. The number of halogens is 1. The van der Waals surface area contributed by atoms with Gasteiger partial charge in [-0.2, -0.15) is 0 Å². The number of fused-ring (bicyclic) bond motifs is 1. The Morgan fingerprint density at radius 1 is 1.10 bits per heavy atom. The summed E-state index contributed by atoms with van der Waals surface area (Å²) in [5.41, 5.74) is 5.72. The number of carbonyl (C=O) groups is 1. The SMILES string of the molecule is COc1cc(-c2ccc(C3CCc4ccc(C(C5CCC5)[C@H](C)C(=O)O)cc4O3)cc2CN2CCCC2)c(F)cn1. The van der Waals surface area contributed by atoms with Crippen molar-refractivity contribution in [1.82, 2.24) is 9.88 Å². The van der Waals surface area contributed by atoms with Gasteiger partial charge in [0, 0.05) is 18.2 Å². The number of aliphatic carboxylic acids is 1. The third-order valence-corrected chi connectivity index (χ3v) is 9.43. The maximum absolute atomic E-state index is 15.0. The van der Waals surface area contributed by atoms with Crippen molar-refractivity contribution in [2.24, 2.45) is 11.8 Å². The smallest absolute Gasteiger partial charge is 0.306 e. The Morgan fingerprint density at radius 2 is 1.90 bits per heavy atom. The first-order valence-electron chi connectivity index (χ1n) is 15.0. The van der Waals surface area contributed by atoms with Crippen molar-refractivity contribution in [2.45, 2.75) is 70.4 Å². The molecule has 1 saturated heterocycles. The van der Waals surface area contributed by atoms with Crippen molar-refractivity contribution in [3.05, 3.63) is 76.7 Å². The summed E-state index contributed by atoms with van der Waals surface area (Å²) in [7, 11) is 1.54. The van der Waals surface area contributed by atoms with Crippen LogP contribution >= 0.6 is 0 Å². The first-order valence-corrected chi connectivity index (χ1v) is 15.0. The number of hydrogen-bond acceptors (Lipinski definition) is 5. The van der Waals surface area contributed by atoms with Gasteiger partial charge in [-0.3, -0.25) is 9.69 Å². The zero-order valence-corrected chi connectivity index (χ0v) is 23.9. The Balaban J connectivity index is 1.31. The van der Waals surface area contributed by atoms with E-state index in [-0.39, 0.29) is 17.8 Å². The molecule has 3 aliphatic rings. The van der Waals surface area contributed by atoms with Crippen LogP contribution in [0.25, 0.3) is 11.1 Å². The standard InChI is InChI=1S/C34H39FN2O4/c1-21(34(38)39)33(23-6-5-7-23)25-9-8-22-11-13-30(41-31(22)17-25)24-10-12-27(26(16-24)20-37-14-3-4-15-37)28-18-32(40-2)36-19-29(28)35/h8-10,12,16-19,21,23,30,33H,3-7,11,13-15,20H2,1-2H3,(H,38,39)/t21-,30?,33?/m0/s1. The van der Waals surface area contributed by atoms with Crippen LogP contribution in [0.2, 0.25) is 0 Å². The zero-order valence-electron chi connectivity index (χ0n) is 23.9. The first kappa shape index (κ1) is 27.7. The lowest BCUT2D eigenvalue weighted by Crippen LogP contribution is -2.30. The second kappa shape index (κ2) is 11.8. The van der Waals surface area contributed by atoms with Crippen molar-refractivity contribution in [1.29, 1.82) is 0 Å². The van der Waals surface area contributed by atoms with Crippen molar-refractivity contribution in [3.63, 3.8) is 0 Å². The molecule has 1 N–H and O–H groups in total. The summed E-state index contributed by atoms with van der Waals surface area (Å²) in [5.74, 6) is 0.0977. The van der Waals surface area contributed by atoms with E-state index in [0.29, 0.717) is 17.4 Å². The van der Waals surface area contributed by atoms with Gasteiger partial charge in [-0.25, -0.2) is 9.37 Å². The van der Waals surface area contributed by atoms with Crippen LogP contribution < -0.4 is 9.47 Å². The largest absolute Gasteiger partial charge is 0.485 e. The highest BCUT2D eigenvalue weighted by Crippen LogP contribution is 2.46. The lowest BCUT2D eigenvalue weighted by Gasteiger charge is -2.37. The fourth-order valence-electron chi connectivity index (χ4n) is 6.88. The monoisotopic (exact) mass is 558 g/mol. The highest BCUT2D eigenvalue weighted by molar-refractivity contribution is 5.71. The summed E-state index contributed by atoms with van der Waals surface area (Å²) in [4.78, 5) is 18.4. The predicted molar refractivity (Wildman–Crippen MR) is 156 cm³/mol. The number of likely N-dealkylation sites (tertiary alicyclic amines) is 1. The highest BCUT2D eigenvalue weighted by atomic mass is 19.1.